The third kappa shape index (κ3) is 3.17. The Morgan fingerprint density at radius 3 is 2.79 bits per heavy atom. The molecule has 0 aromatic heterocycles. The monoisotopic (exact) mass is 195 g/mol. The highest BCUT2D eigenvalue weighted by molar-refractivity contribution is 5.76. The van der Waals surface area contributed by atoms with Crippen LogP contribution in [0.15, 0.2) is 18.2 Å². The fourth-order valence-electron chi connectivity index (χ4n) is 1.14. The number of halogens is 1. The van der Waals surface area contributed by atoms with Gasteiger partial charge in [0.1, 0.15) is 11.6 Å². The molecule has 0 radical (unpaired) electrons. The number of hydrogen-bond acceptors (Lipinski definition) is 2. The van der Waals surface area contributed by atoms with Crippen molar-refractivity contribution in [1.29, 1.82) is 0 Å². The summed E-state index contributed by atoms with van der Waals surface area (Å²) in [5.74, 6) is -0.0570. The SMILES string of the molecule is CC(=O)CCNc1ccc(F)c(C)c1. The third-order valence-corrected chi connectivity index (χ3v) is 1.96. The molecule has 0 saturated heterocycles. The van der Waals surface area contributed by atoms with E-state index in [2.05, 4.69) is 5.32 Å². The van der Waals surface area contributed by atoms with Crippen molar-refractivity contribution in [1.82, 2.24) is 0 Å². The van der Waals surface area contributed by atoms with Crippen LogP contribution in [0.1, 0.15) is 18.9 Å². The van der Waals surface area contributed by atoms with E-state index < -0.39 is 0 Å². The molecule has 0 amide bonds. The Balaban J connectivity index is 2.51. The Kier molecular flexibility index (Phi) is 3.63. The molecular formula is C11H14FNO. The van der Waals surface area contributed by atoms with Crippen LogP contribution in [0.25, 0.3) is 0 Å². The molecule has 3 heteroatoms. The number of anilines is 1. The van der Waals surface area contributed by atoms with Crippen LogP contribution in [0.4, 0.5) is 10.1 Å². The summed E-state index contributed by atoms with van der Waals surface area (Å²) < 4.78 is 12.9. The average molecular weight is 195 g/mol. The maximum absolute atomic E-state index is 12.9. The highest BCUT2D eigenvalue weighted by Crippen LogP contribution is 2.13. The van der Waals surface area contributed by atoms with Gasteiger partial charge in [-0.05, 0) is 37.6 Å². The number of carbonyl (C=O) groups excluding carboxylic acids is 1. The summed E-state index contributed by atoms with van der Waals surface area (Å²) in [5, 5.41) is 3.06. The number of Topliss-reactive ketones (excluding diaryl/α,β-unsaturated/α-hetero) is 1. The number of nitrogens with one attached hydrogen (secondary N) is 1. The lowest BCUT2D eigenvalue weighted by Gasteiger charge is -2.06. The summed E-state index contributed by atoms with van der Waals surface area (Å²) in [6, 6.07) is 4.82. The number of rotatable bonds is 4. The predicted octanol–water partition coefficient (Wildman–Crippen LogP) is 2.53. The molecule has 0 aliphatic rings. The average Bonchev–Trinajstić information content (AvgIpc) is 2.10. The van der Waals surface area contributed by atoms with Crippen molar-refractivity contribution in [2.75, 3.05) is 11.9 Å². The topological polar surface area (TPSA) is 29.1 Å². The summed E-state index contributed by atoms with van der Waals surface area (Å²) in [7, 11) is 0. The molecule has 0 bridgehead atoms. The molecule has 1 rings (SSSR count). The van der Waals surface area contributed by atoms with Gasteiger partial charge in [-0.25, -0.2) is 4.39 Å². The second-order valence-electron chi connectivity index (χ2n) is 3.34. The zero-order valence-corrected chi connectivity index (χ0v) is 8.43. The summed E-state index contributed by atoms with van der Waals surface area (Å²) in [4.78, 5) is 10.7. The van der Waals surface area contributed by atoms with Crippen LogP contribution in [0.5, 0.6) is 0 Å². The zero-order valence-electron chi connectivity index (χ0n) is 8.43. The van der Waals surface area contributed by atoms with Gasteiger partial charge in [-0.1, -0.05) is 0 Å². The summed E-state index contributed by atoms with van der Waals surface area (Å²) in [6.07, 6.45) is 0.496. The first-order valence-electron chi connectivity index (χ1n) is 4.59. The standard InChI is InChI=1S/C11H14FNO/c1-8-7-10(3-4-11(8)12)13-6-5-9(2)14/h3-4,7,13H,5-6H2,1-2H3. The van der Waals surface area contributed by atoms with Crippen molar-refractivity contribution in [3.05, 3.63) is 29.6 Å². The highest BCUT2D eigenvalue weighted by Gasteiger charge is 1.98. The molecule has 0 fully saturated rings. The van der Waals surface area contributed by atoms with E-state index in [0.29, 0.717) is 18.5 Å². The Labute approximate surface area is 83.1 Å². The minimum absolute atomic E-state index is 0.149. The molecule has 0 saturated carbocycles. The fraction of sp³-hybridized carbons (Fsp3) is 0.364. The quantitative estimate of drug-likeness (QED) is 0.799. The Bertz CT molecular complexity index is 336. The Morgan fingerprint density at radius 2 is 2.21 bits per heavy atom. The first-order chi connectivity index (χ1) is 6.59. The number of benzene rings is 1. The number of hydrogen-bond donors (Lipinski definition) is 1. The van der Waals surface area contributed by atoms with Crippen molar-refractivity contribution < 1.29 is 9.18 Å². The van der Waals surface area contributed by atoms with E-state index in [1.165, 1.54) is 6.07 Å². The predicted molar refractivity (Wildman–Crippen MR) is 54.9 cm³/mol. The van der Waals surface area contributed by atoms with E-state index in [9.17, 15) is 9.18 Å². The molecule has 0 atom stereocenters. The summed E-state index contributed by atoms with van der Waals surface area (Å²) in [6.45, 7) is 3.86. The maximum atomic E-state index is 12.9. The fourth-order valence-corrected chi connectivity index (χ4v) is 1.14. The molecule has 2 nitrogen and oxygen atoms in total. The van der Waals surface area contributed by atoms with Crippen LogP contribution in [0, 0.1) is 12.7 Å². The minimum atomic E-state index is -0.206. The van der Waals surface area contributed by atoms with Crippen molar-refractivity contribution in [3.63, 3.8) is 0 Å². The van der Waals surface area contributed by atoms with Gasteiger partial charge < -0.3 is 5.32 Å². The molecule has 76 valence electrons. The van der Waals surface area contributed by atoms with E-state index in [4.69, 9.17) is 0 Å². The molecule has 1 aromatic rings. The van der Waals surface area contributed by atoms with Crippen LogP contribution >= 0.6 is 0 Å². The van der Waals surface area contributed by atoms with E-state index in [-0.39, 0.29) is 11.6 Å². The van der Waals surface area contributed by atoms with E-state index in [0.717, 1.165) is 5.69 Å². The Morgan fingerprint density at radius 1 is 1.50 bits per heavy atom. The van der Waals surface area contributed by atoms with Gasteiger partial charge in [0.2, 0.25) is 0 Å². The molecule has 0 spiro atoms. The van der Waals surface area contributed by atoms with Gasteiger partial charge in [-0.15, -0.1) is 0 Å². The first kappa shape index (κ1) is 10.7. The van der Waals surface area contributed by atoms with Crippen molar-refractivity contribution in [3.8, 4) is 0 Å². The highest BCUT2D eigenvalue weighted by atomic mass is 19.1. The van der Waals surface area contributed by atoms with Gasteiger partial charge in [0.05, 0.1) is 0 Å². The van der Waals surface area contributed by atoms with Crippen molar-refractivity contribution >= 4 is 11.5 Å². The lowest BCUT2D eigenvalue weighted by atomic mass is 10.2. The van der Waals surface area contributed by atoms with Gasteiger partial charge in [-0.3, -0.25) is 4.79 Å². The van der Waals surface area contributed by atoms with E-state index in [1.807, 2.05) is 0 Å². The minimum Gasteiger partial charge on any atom is -0.385 e. The third-order valence-electron chi connectivity index (χ3n) is 1.96. The lowest BCUT2D eigenvalue weighted by molar-refractivity contribution is -0.116. The van der Waals surface area contributed by atoms with Gasteiger partial charge in [-0.2, -0.15) is 0 Å². The van der Waals surface area contributed by atoms with Crippen LogP contribution in [0.3, 0.4) is 0 Å². The second kappa shape index (κ2) is 4.74. The molecule has 0 aliphatic carbocycles. The smallest absolute Gasteiger partial charge is 0.131 e. The molecule has 1 N–H and O–H groups in total. The Hall–Kier alpha value is -1.38. The van der Waals surface area contributed by atoms with E-state index >= 15 is 0 Å². The van der Waals surface area contributed by atoms with Crippen LogP contribution in [0.2, 0.25) is 0 Å². The van der Waals surface area contributed by atoms with Gasteiger partial charge in [0.25, 0.3) is 0 Å². The molecule has 1 aromatic carbocycles. The van der Waals surface area contributed by atoms with Crippen LogP contribution < -0.4 is 5.32 Å². The number of carbonyl (C=O) groups is 1. The first-order valence-corrected chi connectivity index (χ1v) is 4.59. The molecule has 0 unspecified atom stereocenters. The largest absolute Gasteiger partial charge is 0.385 e. The van der Waals surface area contributed by atoms with E-state index in [1.54, 1.807) is 26.0 Å². The molecular weight excluding hydrogens is 181 g/mol. The van der Waals surface area contributed by atoms with Crippen LogP contribution in [-0.2, 0) is 4.79 Å². The number of aryl methyl sites for hydroxylation is 1. The zero-order chi connectivity index (χ0) is 10.6. The van der Waals surface area contributed by atoms with Crippen molar-refractivity contribution in [2.45, 2.75) is 20.3 Å². The molecule has 14 heavy (non-hydrogen) atoms. The normalized spacial score (nSPS) is 9.93. The second-order valence-corrected chi connectivity index (χ2v) is 3.34. The van der Waals surface area contributed by atoms with Gasteiger partial charge in [0, 0.05) is 18.7 Å². The molecule has 0 aliphatic heterocycles. The summed E-state index contributed by atoms with van der Waals surface area (Å²) in [5.41, 5.74) is 1.46. The van der Waals surface area contributed by atoms with Crippen molar-refractivity contribution in [2.24, 2.45) is 0 Å². The lowest BCUT2D eigenvalue weighted by Crippen LogP contribution is -2.05. The van der Waals surface area contributed by atoms with Gasteiger partial charge in [0.15, 0.2) is 0 Å². The number of ketones is 1. The molecule has 0 heterocycles. The maximum Gasteiger partial charge on any atom is 0.131 e. The van der Waals surface area contributed by atoms with Gasteiger partial charge >= 0.3 is 0 Å². The van der Waals surface area contributed by atoms with Crippen LogP contribution in [-0.4, -0.2) is 12.3 Å². The summed E-state index contributed by atoms with van der Waals surface area (Å²) >= 11 is 0.